The number of nitrogens with one attached hydrogen (secondary N) is 4. The average molecular weight is 403 g/mol. The number of fused-ring (bicyclic) bond motifs is 1. The van der Waals surface area contributed by atoms with E-state index in [1.807, 2.05) is 18.2 Å². The second-order valence-corrected chi connectivity index (χ2v) is 8.50. The van der Waals surface area contributed by atoms with E-state index in [-0.39, 0.29) is 30.7 Å². The molecule has 9 heteroatoms. The second kappa shape index (κ2) is 9.54. The van der Waals surface area contributed by atoms with Gasteiger partial charge in [-0.05, 0) is 19.3 Å². The normalized spacial score (nSPS) is 29.9. The Labute approximate surface area is 170 Å². The lowest BCUT2D eigenvalue weighted by atomic mass is 9.88. The SMILES string of the molecule is CC(C)(C)C(=O)NC1CC/C=C\C2CNC(=O)C2CC(C#N)NC(=O)CNC1=O. The summed E-state index contributed by atoms with van der Waals surface area (Å²) >= 11 is 0. The fraction of sp³-hybridized carbons (Fsp3) is 0.650. The molecule has 0 aromatic rings. The van der Waals surface area contributed by atoms with Gasteiger partial charge in [0.25, 0.3) is 0 Å². The largest absolute Gasteiger partial charge is 0.355 e. The standard InChI is InChI=1S/C20H29N5O4/c1-20(2,3)19(29)25-15-7-5-4-6-12-10-22-17(27)14(12)8-13(9-21)24-16(26)11-23-18(15)28/h4,6,12-15H,5,7-8,10-11H2,1-3H3,(H,22,27)(H,23,28)(H,24,26)(H,25,29)/b6-4-. The summed E-state index contributed by atoms with van der Waals surface area (Å²) in [4.78, 5) is 49.1. The minimum atomic E-state index is -0.830. The maximum Gasteiger partial charge on any atom is 0.243 e. The van der Waals surface area contributed by atoms with E-state index in [2.05, 4.69) is 21.3 Å². The van der Waals surface area contributed by atoms with Crippen LogP contribution < -0.4 is 21.3 Å². The molecule has 29 heavy (non-hydrogen) atoms. The molecule has 0 aliphatic carbocycles. The molecule has 4 N–H and O–H groups in total. The molecule has 9 nitrogen and oxygen atoms in total. The van der Waals surface area contributed by atoms with Gasteiger partial charge >= 0.3 is 0 Å². The smallest absolute Gasteiger partial charge is 0.243 e. The Morgan fingerprint density at radius 3 is 2.59 bits per heavy atom. The summed E-state index contributed by atoms with van der Waals surface area (Å²) in [5, 5.41) is 19.9. The maximum absolute atomic E-state index is 12.5. The number of rotatable bonds is 1. The zero-order valence-corrected chi connectivity index (χ0v) is 17.1. The molecule has 2 aliphatic rings. The highest BCUT2D eigenvalue weighted by atomic mass is 16.2. The Hall–Kier alpha value is -2.89. The van der Waals surface area contributed by atoms with Gasteiger partial charge in [-0.1, -0.05) is 32.9 Å². The van der Waals surface area contributed by atoms with E-state index in [9.17, 15) is 24.4 Å². The molecule has 0 aromatic heterocycles. The van der Waals surface area contributed by atoms with Crippen molar-refractivity contribution in [2.24, 2.45) is 17.3 Å². The van der Waals surface area contributed by atoms with Gasteiger partial charge in [-0.2, -0.15) is 5.26 Å². The molecule has 0 radical (unpaired) electrons. The Bertz CT molecular complexity index is 734. The lowest BCUT2D eigenvalue weighted by Crippen LogP contribution is -2.52. The molecule has 0 bridgehead atoms. The van der Waals surface area contributed by atoms with E-state index in [0.717, 1.165) is 0 Å². The lowest BCUT2D eigenvalue weighted by molar-refractivity contribution is -0.134. The van der Waals surface area contributed by atoms with Crippen LogP contribution in [0.5, 0.6) is 0 Å². The van der Waals surface area contributed by atoms with E-state index >= 15 is 0 Å². The van der Waals surface area contributed by atoms with Crippen LogP contribution in [0.15, 0.2) is 12.2 Å². The number of hydrogen-bond acceptors (Lipinski definition) is 5. The van der Waals surface area contributed by atoms with Crippen LogP contribution >= 0.6 is 0 Å². The fourth-order valence-corrected chi connectivity index (χ4v) is 3.28. The van der Waals surface area contributed by atoms with Crippen molar-refractivity contribution in [3.05, 3.63) is 12.2 Å². The van der Waals surface area contributed by atoms with E-state index < -0.39 is 35.2 Å². The van der Waals surface area contributed by atoms with Crippen LogP contribution in [-0.4, -0.2) is 48.8 Å². The Morgan fingerprint density at radius 2 is 1.93 bits per heavy atom. The van der Waals surface area contributed by atoms with Crippen molar-refractivity contribution in [3.8, 4) is 6.07 Å². The van der Waals surface area contributed by atoms with Gasteiger partial charge in [0.05, 0.1) is 12.6 Å². The van der Waals surface area contributed by atoms with Crippen LogP contribution in [0.4, 0.5) is 0 Å². The van der Waals surface area contributed by atoms with Gasteiger partial charge in [0.2, 0.25) is 23.6 Å². The third-order valence-corrected chi connectivity index (χ3v) is 5.08. The quantitative estimate of drug-likeness (QED) is 0.447. The van der Waals surface area contributed by atoms with E-state index in [4.69, 9.17) is 0 Å². The summed E-state index contributed by atoms with van der Waals surface area (Å²) in [5.74, 6) is -1.85. The summed E-state index contributed by atoms with van der Waals surface area (Å²) < 4.78 is 0. The third kappa shape index (κ3) is 6.31. The molecular formula is C20H29N5O4. The molecule has 4 atom stereocenters. The highest BCUT2D eigenvalue weighted by Gasteiger charge is 2.35. The molecule has 1 saturated heterocycles. The van der Waals surface area contributed by atoms with Gasteiger partial charge in [-0.15, -0.1) is 0 Å². The Morgan fingerprint density at radius 1 is 1.21 bits per heavy atom. The minimum Gasteiger partial charge on any atom is -0.355 e. The highest BCUT2D eigenvalue weighted by Crippen LogP contribution is 2.25. The highest BCUT2D eigenvalue weighted by molar-refractivity contribution is 5.91. The van der Waals surface area contributed by atoms with Crippen molar-refractivity contribution in [2.75, 3.05) is 13.1 Å². The molecule has 2 rings (SSSR count). The molecule has 4 amide bonds. The summed E-state index contributed by atoms with van der Waals surface area (Å²) in [6.45, 7) is 5.42. The van der Waals surface area contributed by atoms with Crippen molar-refractivity contribution in [2.45, 2.75) is 52.1 Å². The lowest BCUT2D eigenvalue weighted by Gasteiger charge is -2.24. The van der Waals surface area contributed by atoms with Gasteiger partial charge < -0.3 is 21.3 Å². The summed E-state index contributed by atoms with van der Waals surface area (Å²) in [6, 6.07) is 0.390. The second-order valence-electron chi connectivity index (χ2n) is 8.50. The predicted octanol–water partition coefficient (Wildman–Crippen LogP) is -0.256. The van der Waals surface area contributed by atoms with Gasteiger partial charge in [0.15, 0.2) is 0 Å². The van der Waals surface area contributed by atoms with E-state index in [0.29, 0.717) is 19.4 Å². The number of nitriles is 1. The number of carbonyl (C=O) groups excluding carboxylic acids is 4. The first-order valence-electron chi connectivity index (χ1n) is 9.84. The molecular weight excluding hydrogens is 374 g/mol. The van der Waals surface area contributed by atoms with Gasteiger partial charge in [-0.3, -0.25) is 19.2 Å². The average Bonchev–Trinajstić information content (AvgIpc) is 2.99. The molecule has 0 aromatic carbocycles. The molecule has 1 fully saturated rings. The van der Waals surface area contributed by atoms with Crippen LogP contribution in [0, 0.1) is 28.6 Å². The van der Waals surface area contributed by atoms with Crippen LogP contribution in [0.2, 0.25) is 0 Å². The first-order chi connectivity index (χ1) is 13.6. The minimum absolute atomic E-state index is 0.0883. The van der Waals surface area contributed by atoms with E-state index in [1.54, 1.807) is 20.8 Å². The maximum atomic E-state index is 12.5. The number of amides is 4. The van der Waals surface area contributed by atoms with Crippen LogP contribution in [0.1, 0.15) is 40.0 Å². The molecule has 158 valence electrons. The molecule has 0 spiro atoms. The monoisotopic (exact) mass is 403 g/mol. The molecule has 2 aliphatic heterocycles. The molecule has 0 saturated carbocycles. The number of nitrogens with zero attached hydrogens (tertiary/aromatic N) is 1. The van der Waals surface area contributed by atoms with Crippen molar-refractivity contribution >= 4 is 23.6 Å². The third-order valence-electron chi connectivity index (χ3n) is 5.08. The summed E-state index contributed by atoms with van der Waals surface area (Å²) in [5.41, 5.74) is -0.657. The van der Waals surface area contributed by atoms with Crippen molar-refractivity contribution in [1.82, 2.24) is 21.3 Å². The van der Waals surface area contributed by atoms with Crippen molar-refractivity contribution in [3.63, 3.8) is 0 Å². The van der Waals surface area contributed by atoms with Crippen LogP contribution in [0.3, 0.4) is 0 Å². The topological polar surface area (TPSA) is 140 Å². The summed E-state index contributed by atoms with van der Waals surface area (Å²) in [6.07, 6.45) is 4.90. The van der Waals surface area contributed by atoms with Crippen LogP contribution in [0.25, 0.3) is 0 Å². The number of hydrogen-bond donors (Lipinski definition) is 4. The summed E-state index contributed by atoms with van der Waals surface area (Å²) in [7, 11) is 0. The first-order valence-corrected chi connectivity index (χ1v) is 9.84. The number of carbonyl (C=O) groups is 4. The van der Waals surface area contributed by atoms with Gasteiger partial charge in [-0.25, -0.2) is 0 Å². The predicted molar refractivity (Wildman–Crippen MR) is 105 cm³/mol. The Kier molecular flexibility index (Phi) is 7.37. The van der Waals surface area contributed by atoms with Crippen molar-refractivity contribution in [1.29, 1.82) is 5.26 Å². The van der Waals surface area contributed by atoms with Gasteiger partial charge in [0.1, 0.15) is 12.1 Å². The van der Waals surface area contributed by atoms with Crippen LogP contribution in [-0.2, 0) is 19.2 Å². The van der Waals surface area contributed by atoms with Gasteiger partial charge in [0, 0.05) is 23.8 Å². The number of allylic oxidation sites excluding steroid dienone is 1. The Balaban J connectivity index is 2.18. The van der Waals surface area contributed by atoms with E-state index in [1.165, 1.54) is 0 Å². The zero-order valence-electron chi connectivity index (χ0n) is 17.1. The fourth-order valence-electron chi connectivity index (χ4n) is 3.28. The zero-order chi connectivity index (χ0) is 21.6. The first kappa shape index (κ1) is 22.4. The molecule has 4 unspecified atom stereocenters. The molecule has 2 heterocycles. The van der Waals surface area contributed by atoms with Crippen molar-refractivity contribution < 1.29 is 19.2 Å².